The lowest BCUT2D eigenvalue weighted by Crippen LogP contribution is -2.12. The van der Waals surface area contributed by atoms with Crippen LogP contribution in [0.4, 0.5) is 0 Å². The van der Waals surface area contributed by atoms with E-state index in [9.17, 15) is 9.59 Å². The highest BCUT2D eigenvalue weighted by Gasteiger charge is 1.97. The largest absolute Gasteiger partial charge is 0.480 e. The zero-order chi connectivity index (χ0) is 18.6. The quantitative estimate of drug-likeness (QED) is 0.301. The Morgan fingerprint density at radius 3 is 1.28 bits per heavy atom. The van der Waals surface area contributed by atoms with Crippen LogP contribution in [0.25, 0.3) is 0 Å². The molecule has 0 unspecified atom stereocenters. The average Bonchev–Trinajstić information content (AvgIpc) is 2.56. The van der Waals surface area contributed by atoms with Gasteiger partial charge in [-0.05, 0) is 25.7 Å². The minimum Gasteiger partial charge on any atom is -0.480 e. The van der Waals surface area contributed by atoms with Crippen LogP contribution < -0.4 is 0 Å². The minimum absolute atomic E-state index is 0.263. The summed E-state index contributed by atoms with van der Waals surface area (Å²) in [5.74, 6) is -1.94. The van der Waals surface area contributed by atoms with Gasteiger partial charge in [0.05, 0.1) is 13.2 Å². The number of hydrogen-bond acceptors (Lipinski definition) is 7. The fourth-order valence-electron chi connectivity index (χ4n) is 1.68. The summed E-state index contributed by atoms with van der Waals surface area (Å²) in [6, 6.07) is 0. The highest BCUT2D eigenvalue weighted by Crippen LogP contribution is 1.94. The second-order valence-corrected chi connectivity index (χ2v) is 5.14. The molecular weight excluding hydrogens is 336 g/mol. The maximum Gasteiger partial charge on any atom is 0.329 e. The molecule has 0 saturated heterocycles. The number of rotatable bonds is 20. The highest BCUT2D eigenvalue weighted by molar-refractivity contribution is 5.68. The normalized spacial score (nSPS) is 10.9. The Kier molecular flexibility index (Phi) is 18.1. The zero-order valence-corrected chi connectivity index (χ0v) is 14.7. The van der Waals surface area contributed by atoms with Crippen molar-refractivity contribution in [2.45, 2.75) is 25.7 Å². The molecule has 0 aliphatic carbocycles. The van der Waals surface area contributed by atoms with E-state index in [1.54, 1.807) is 0 Å². The summed E-state index contributed by atoms with van der Waals surface area (Å²) in [5, 5.41) is 16.7. The van der Waals surface area contributed by atoms with Gasteiger partial charge in [-0.2, -0.15) is 0 Å². The lowest BCUT2D eigenvalue weighted by Gasteiger charge is -2.06. The van der Waals surface area contributed by atoms with Crippen molar-refractivity contribution in [3.63, 3.8) is 0 Å². The molecule has 0 rings (SSSR count). The third kappa shape index (κ3) is 22.7. The van der Waals surface area contributed by atoms with Gasteiger partial charge in [0.15, 0.2) is 0 Å². The summed E-state index contributed by atoms with van der Waals surface area (Å²) in [6.07, 6.45) is 3.30. The van der Waals surface area contributed by atoms with Crippen LogP contribution in [0.1, 0.15) is 25.7 Å². The topological polar surface area (TPSA) is 121 Å². The molecule has 0 fully saturated rings. The molecule has 0 bridgehead atoms. The van der Waals surface area contributed by atoms with Crippen molar-refractivity contribution < 1.29 is 43.5 Å². The lowest BCUT2D eigenvalue weighted by atomic mass is 10.3. The molecule has 0 heterocycles. The van der Waals surface area contributed by atoms with E-state index in [4.69, 9.17) is 33.9 Å². The van der Waals surface area contributed by atoms with Crippen molar-refractivity contribution in [3.8, 4) is 0 Å². The predicted octanol–water partition coefficient (Wildman–Crippen LogP) is 0.799. The van der Waals surface area contributed by atoms with E-state index in [1.807, 2.05) is 0 Å². The summed E-state index contributed by atoms with van der Waals surface area (Å²) in [4.78, 5) is 20.4. The summed E-state index contributed by atoms with van der Waals surface area (Å²) < 4.78 is 25.8. The Hall–Kier alpha value is -1.26. The van der Waals surface area contributed by atoms with Crippen LogP contribution in [0.5, 0.6) is 0 Å². The van der Waals surface area contributed by atoms with Crippen LogP contribution in [0.3, 0.4) is 0 Å². The first kappa shape index (κ1) is 23.7. The standard InChI is InChI=1S/C16H30O9/c17-15(18)13-24-10-4-8-22-6-2-1-5-21-7-3-9-23-11-12-25-14-16(19)20/h1-14H2,(H,17,18)(H,19,20). The van der Waals surface area contributed by atoms with E-state index >= 15 is 0 Å². The number of carboxylic acids is 2. The first-order valence-electron chi connectivity index (χ1n) is 8.45. The molecule has 0 atom stereocenters. The molecule has 148 valence electrons. The maximum atomic E-state index is 10.2. The molecular formula is C16H30O9. The molecule has 0 aliphatic rings. The Balaban J connectivity index is 3.00. The molecule has 25 heavy (non-hydrogen) atoms. The van der Waals surface area contributed by atoms with Gasteiger partial charge >= 0.3 is 11.9 Å². The van der Waals surface area contributed by atoms with Crippen LogP contribution in [-0.2, 0) is 33.3 Å². The van der Waals surface area contributed by atoms with Crippen molar-refractivity contribution in [1.29, 1.82) is 0 Å². The fourth-order valence-corrected chi connectivity index (χ4v) is 1.68. The summed E-state index contributed by atoms with van der Waals surface area (Å²) in [7, 11) is 0. The van der Waals surface area contributed by atoms with Gasteiger partial charge in [0.25, 0.3) is 0 Å². The van der Waals surface area contributed by atoms with E-state index < -0.39 is 11.9 Å². The van der Waals surface area contributed by atoms with E-state index in [1.165, 1.54) is 0 Å². The van der Waals surface area contributed by atoms with Gasteiger partial charge in [-0.3, -0.25) is 0 Å². The molecule has 9 heteroatoms. The summed E-state index contributed by atoms with van der Waals surface area (Å²) in [5.41, 5.74) is 0. The first-order chi connectivity index (χ1) is 12.1. The molecule has 0 aromatic carbocycles. The number of aliphatic carboxylic acids is 2. The lowest BCUT2D eigenvalue weighted by molar-refractivity contribution is -0.143. The molecule has 0 aliphatic heterocycles. The molecule has 9 nitrogen and oxygen atoms in total. The second-order valence-electron chi connectivity index (χ2n) is 5.14. The third-order valence-corrected chi connectivity index (χ3v) is 2.81. The van der Waals surface area contributed by atoms with Gasteiger partial charge in [-0.15, -0.1) is 0 Å². The molecule has 0 aromatic rings. The van der Waals surface area contributed by atoms with Crippen LogP contribution in [0.15, 0.2) is 0 Å². The number of ether oxygens (including phenoxy) is 5. The molecule has 0 spiro atoms. The van der Waals surface area contributed by atoms with Crippen LogP contribution in [-0.4, -0.2) is 88.2 Å². The summed E-state index contributed by atoms with van der Waals surface area (Å²) >= 11 is 0. The van der Waals surface area contributed by atoms with Crippen molar-refractivity contribution in [2.75, 3.05) is 66.1 Å². The zero-order valence-electron chi connectivity index (χ0n) is 14.7. The Labute approximate surface area is 148 Å². The monoisotopic (exact) mass is 366 g/mol. The third-order valence-electron chi connectivity index (χ3n) is 2.81. The molecule has 0 aromatic heterocycles. The Morgan fingerprint density at radius 2 is 0.800 bits per heavy atom. The van der Waals surface area contributed by atoms with E-state index in [-0.39, 0.29) is 19.8 Å². The second kappa shape index (κ2) is 19.1. The van der Waals surface area contributed by atoms with Crippen LogP contribution in [0.2, 0.25) is 0 Å². The van der Waals surface area contributed by atoms with Gasteiger partial charge in [0.1, 0.15) is 13.2 Å². The van der Waals surface area contributed by atoms with E-state index in [2.05, 4.69) is 0 Å². The molecule has 0 radical (unpaired) electrons. The van der Waals surface area contributed by atoms with Gasteiger partial charge in [-0.25, -0.2) is 9.59 Å². The fraction of sp³-hybridized carbons (Fsp3) is 0.875. The number of carboxylic acid groups (broad SMARTS) is 2. The van der Waals surface area contributed by atoms with Crippen molar-refractivity contribution in [2.24, 2.45) is 0 Å². The summed E-state index contributed by atoms with van der Waals surface area (Å²) in [6.45, 7) is 3.56. The smallest absolute Gasteiger partial charge is 0.329 e. The predicted molar refractivity (Wildman–Crippen MR) is 87.8 cm³/mol. The molecule has 0 amide bonds. The molecule has 2 N–H and O–H groups in total. The van der Waals surface area contributed by atoms with Gasteiger partial charge < -0.3 is 33.9 Å². The van der Waals surface area contributed by atoms with E-state index in [0.29, 0.717) is 52.7 Å². The highest BCUT2D eigenvalue weighted by atomic mass is 16.5. The SMILES string of the molecule is O=C(O)COCCCOCCCCOCCCOCCOCC(=O)O. The van der Waals surface area contributed by atoms with Crippen molar-refractivity contribution in [3.05, 3.63) is 0 Å². The van der Waals surface area contributed by atoms with Crippen molar-refractivity contribution >= 4 is 11.9 Å². The van der Waals surface area contributed by atoms with Gasteiger partial charge in [0.2, 0.25) is 0 Å². The van der Waals surface area contributed by atoms with Crippen LogP contribution in [0, 0.1) is 0 Å². The van der Waals surface area contributed by atoms with Gasteiger partial charge in [-0.1, -0.05) is 0 Å². The number of unbranched alkanes of at least 4 members (excludes halogenated alkanes) is 1. The Morgan fingerprint density at radius 1 is 0.480 bits per heavy atom. The van der Waals surface area contributed by atoms with Crippen molar-refractivity contribution in [1.82, 2.24) is 0 Å². The minimum atomic E-state index is -0.983. The first-order valence-corrected chi connectivity index (χ1v) is 8.45. The van der Waals surface area contributed by atoms with Crippen LogP contribution >= 0.6 is 0 Å². The maximum absolute atomic E-state index is 10.2. The Bertz CT molecular complexity index is 293. The van der Waals surface area contributed by atoms with E-state index in [0.717, 1.165) is 19.3 Å². The number of carbonyl (C=O) groups is 2. The molecule has 0 saturated carbocycles. The average molecular weight is 366 g/mol. The van der Waals surface area contributed by atoms with Gasteiger partial charge in [0, 0.05) is 39.6 Å². The number of hydrogen-bond donors (Lipinski definition) is 2.